The van der Waals surface area contributed by atoms with Crippen LogP contribution in [0, 0.1) is 0 Å². The summed E-state index contributed by atoms with van der Waals surface area (Å²) in [5, 5.41) is 0.170. The van der Waals surface area contributed by atoms with Crippen LogP contribution < -0.4 is 5.73 Å². The number of aromatic nitrogens is 2. The Morgan fingerprint density at radius 3 is 2.58 bits per heavy atom. The van der Waals surface area contributed by atoms with Gasteiger partial charge in [-0.2, -0.15) is 4.31 Å². The van der Waals surface area contributed by atoms with Gasteiger partial charge in [-0.05, 0) is 25.9 Å². The van der Waals surface area contributed by atoms with Crippen LogP contribution in [0.5, 0.6) is 0 Å². The van der Waals surface area contributed by atoms with E-state index in [1.807, 2.05) is 0 Å². The van der Waals surface area contributed by atoms with Crippen LogP contribution in [0.4, 0.5) is 0 Å². The maximum Gasteiger partial charge on any atom is 0.260 e. The van der Waals surface area contributed by atoms with Gasteiger partial charge in [-0.15, -0.1) is 0 Å². The van der Waals surface area contributed by atoms with E-state index in [-0.39, 0.29) is 5.03 Å². The second-order valence-electron chi connectivity index (χ2n) is 4.66. The monoisotopic (exact) mass is 287 g/mol. The lowest BCUT2D eigenvalue weighted by molar-refractivity contribution is 0.186. The normalized spacial score (nSPS) is 18.8. The molecule has 0 amide bonds. The number of hydrogen-bond acceptors (Lipinski definition) is 5. The molecule has 0 atom stereocenters. The van der Waals surface area contributed by atoms with Crippen LogP contribution in [0.1, 0.15) is 12.8 Å². The molecular formula is C11H21N5O2S. The van der Waals surface area contributed by atoms with E-state index in [1.54, 1.807) is 0 Å². The molecule has 2 heterocycles. The number of aromatic amines is 1. The molecule has 8 heteroatoms. The zero-order valence-corrected chi connectivity index (χ0v) is 11.8. The topological polar surface area (TPSA) is 95.3 Å². The van der Waals surface area contributed by atoms with Crippen molar-refractivity contribution in [1.82, 2.24) is 19.2 Å². The van der Waals surface area contributed by atoms with Crippen LogP contribution in [0.2, 0.25) is 0 Å². The van der Waals surface area contributed by atoms with E-state index in [0.717, 1.165) is 32.5 Å². The quantitative estimate of drug-likeness (QED) is 0.685. The number of sulfonamides is 1. The van der Waals surface area contributed by atoms with E-state index in [2.05, 4.69) is 14.9 Å². The van der Waals surface area contributed by atoms with Crippen LogP contribution in [-0.2, 0) is 10.0 Å². The van der Waals surface area contributed by atoms with Crippen LogP contribution in [-0.4, -0.2) is 66.9 Å². The summed E-state index contributed by atoms with van der Waals surface area (Å²) >= 11 is 0. The fourth-order valence-corrected chi connectivity index (χ4v) is 3.51. The third-order valence-electron chi connectivity index (χ3n) is 3.35. The molecule has 1 fully saturated rings. The zero-order valence-electron chi connectivity index (χ0n) is 11.0. The number of piperazine rings is 1. The molecule has 0 bridgehead atoms. The Balaban J connectivity index is 1.86. The Hall–Kier alpha value is -0.960. The average molecular weight is 287 g/mol. The fourth-order valence-electron chi connectivity index (χ4n) is 2.20. The van der Waals surface area contributed by atoms with E-state index < -0.39 is 10.0 Å². The molecule has 1 aromatic heterocycles. The molecule has 0 radical (unpaired) electrons. The molecule has 19 heavy (non-hydrogen) atoms. The van der Waals surface area contributed by atoms with Crippen LogP contribution in [0.15, 0.2) is 17.6 Å². The predicted octanol–water partition coefficient (Wildman–Crippen LogP) is -0.545. The third kappa shape index (κ3) is 3.53. The Morgan fingerprint density at radius 1 is 1.26 bits per heavy atom. The van der Waals surface area contributed by atoms with Crippen molar-refractivity contribution in [1.29, 1.82) is 0 Å². The molecule has 1 aromatic rings. The Kier molecular flexibility index (Phi) is 4.92. The molecular weight excluding hydrogens is 266 g/mol. The minimum Gasteiger partial charge on any atom is -0.335 e. The van der Waals surface area contributed by atoms with Crippen molar-refractivity contribution in [2.75, 3.05) is 39.3 Å². The first-order valence-corrected chi connectivity index (χ1v) is 7.99. The molecule has 3 N–H and O–H groups in total. The van der Waals surface area contributed by atoms with Crippen molar-refractivity contribution in [2.45, 2.75) is 17.9 Å². The molecule has 0 spiro atoms. The van der Waals surface area contributed by atoms with Gasteiger partial charge in [-0.1, -0.05) is 0 Å². The van der Waals surface area contributed by atoms with Crippen molar-refractivity contribution in [2.24, 2.45) is 5.73 Å². The van der Waals surface area contributed by atoms with Crippen molar-refractivity contribution in [3.63, 3.8) is 0 Å². The van der Waals surface area contributed by atoms with Crippen molar-refractivity contribution >= 4 is 10.0 Å². The smallest absolute Gasteiger partial charge is 0.260 e. The lowest BCUT2D eigenvalue weighted by Gasteiger charge is -2.33. The third-order valence-corrected chi connectivity index (χ3v) is 5.17. The lowest BCUT2D eigenvalue weighted by Crippen LogP contribution is -2.48. The highest BCUT2D eigenvalue weighted by Crippen LogP contribution is 2.14. The molecule has 0 unspecified atom stereocenters. The van der Waals surface area contributed by atoms with Gasteiger partial charge < -0.3 is 15.6 Å². The number of imidazole rings is 1. The second kappa shape index (κ2) is 6.47. The van der Waals surface area contributed by atoms with Crippen molar-refractivity contribution in [3.05, 3.63) is 12.5 Å². The average Bonchev–Trinajstić information content (AvgIpc) is 2.94. The molecule has 0 aromatic carbocycles. The summed E-state index contributed by atoms with van der Waals surface area (Å²) in [6.45, 7) is 4.33. The molecule has 1 aliphatic heterocycles. The molecule has 0 aliphatic carbocycles. The number of nitrogens with one attached hydrogen (secondary N) is 1. The van der Waals surface area contributed by atoms with Crippen LogP contribution in [0.25, 0.3) is 0 Å². The maximum absolute atomic E-state index is 12.2. The summed E-state index contributed by atoms with van der Waals surface area (Å²) in [4.78, 5) is 8.71. The van der Waals surface area contributed by atoms with Gasteiger partial charge in [-0.3, -0.25) is 0 Å². The summed E-state index contributed by atoms with van der Waals surface area (Å²) in [5.74, 6) is 0. The fraction of sp³-hybridized carbons (Fsp3) is 0.727. The van der Waals surface area contributed by atoms with E-state index in [0.29, 0.717) is 19.6 Å². The summed E-state index contributed by atoms with van der Waals surface area (Å²) in [6.07, 6.45) is 4.83. The van der Waals surface area contributed by atoms with Gasteiger partial charge in [0.15, 0.2) is 5.03 Å². The highest BCUT2D eigenvalue weighted by atomic mass is 32.2. The number of H-pyrrole nitrogens is 1. The van der Waals surface area contributed by atoms with Gasteiger partial charge in [0.05, 0.1) is 12.5 Å². The number of nitrogens with two attached hydrogens (primary N) is 1. The molecule has 1 saturated heterocycles. The van der Waals surface area contributed by atoms with Crippen LogP contribution >= 0.6 is 0 Å². The van der Waals surface area contributed by atoms with Gasteiger partial charge >= 0.3 is 0 Å². The second-order valence-corrected chi connectivity index (χ2v) is 6.56. The predicted molar refractivity (Wildman–Crippen MR) is 72.1 cm³/mol. The Morgan fingerprint density at radius 2 is 2.00 bits per heavy atom. The number of nitrogens with zero attached hydrogens (tertiary/aromatic N) is 3. The standard InChI is InChI=1S/C11H21N5O2S/c12-3-1-2-4-15-5-7-16(8-6-15)19(17,18)11-9-13-10-14-11/h9-10H,1-8,12H2,(H,13,14). The van der Waals surface area contributed by atoms with Gasteiger partial charge in [0.1, 0.15) is 0 Å². The van der Waals surface area contributed by atoms with Gasteiger partial charge in [0, 0.05) is 26.2 Å². The first kappa shape index (κ1) is 14.4. The first-order valence-electron chi connectivity index (χ1n) is 6.55. The minimum atomic E-state index is -3.40. The first-order chi connectivity index (χ1) is 9.14. The summed E-state index contributed by atoms with van der Waals surface area (Å²) in [6, 6.07) is 0. The highest BCUT2D eigenvalue weighted by molar-refractivity contribution is 7.89. The van der Waals surface area contributed by atoms with E-state index in [4.69, 9.17) is 5.73 Å². The van der Waals surface area contributed by atoms with E-state index >= 15 is 0 Å². The van der Waals surface area contributed by atoms with Crippen LogP contribution in [0.3, 0.4) is 0 Å². The van der Waals surface area contributed by atoms with Gasteiger partial charge in [0.2, 0.25) is 0 Å². The number of unbranched alkanes of at least 4 members (excludes halogenated alkanes) is 1. The minimum absolute atomic E-state index is 0.170. The summed E-state index contributed by atoms with van der Waals surface area (Å²) in [5.41, 5.74) is 5.46. The summed E-state index contributed by atoms with van der Waals surface area (Å²) in [7, 11) is -3.40. The van der Waals surface area contributed by atoms with Crippen molar-refractivity contribution < 1.29 is 8.42 Å². The lowest BCUT2D eigenvalue weighted by atomic mass is 10.2. The molecule has 7 nitrogen and oxygen atoms in total. The number of hydrogen-bond donors (Lipinski definition) is 2. The molecule has 2 rings (SSSR count). The van der Waals surface area contributed by atoms with Gasteiger partial charge in [0.25, 0.3) is 10.0 Å². The summed E-state index contributed by atoms with van der Waals surface area (Å²) < 4.78 is 26.0. The Bertz CT molecular complexity index is 465. The van der Waals surface area contributed by atoms with Crippen molar-refractivity contribution in [3.8, 4) is 0 Å². The maximum atomic E-state index is 12.2. The van der Waals surface area contributed by atoms with E-state index in [9.17, 15) is 8.42 Å². The SMILES string of the molecule is NCCCCN1CCN(S(=O)(=O)c2cnc[nH]2)CC1. The molecule has 1 aliphatic rings. The molecule has 0 saturated carbocycles. The molecule has 108 valence electrons. The Labute approximate surface area is 113 Å². The van der Waals surface area contributed by atoms with E-state index in [1.165, 1.54) is 16.8 Å². The highest BCUT2D eigenvalue weighted by Gasteiger charge is 2.29. The number of rotatable bonds is 6. The zero-order chi connectivity index (χ0) is 13.7. The van der Waals surface area contributed by atoms with Gasteiger partial charge in [-0.25, -0.2) is 13.4 Å². The largest absolute Gasteiger partial charge is 0.335 e.